The second-order valence-corrected chi connectivity index (χ2v) is 6.98. The van der Waals surface area contributed by atoms with E-state index in [4.69, 9.17) is 5.11 Å². The quantitative estimate of drug-likeness (QED) is 0.849. The second kappa shape index (κ2) is 8.44. The molecule has 0 bridgehead atoms. The van der Waals surface area contributed by atoms with E-state index in [2.05, 4.69) is 12.2 Å². The molecule has 116 valence electrons. The Balaban J connectivity index is 1.64. The fourth-order valence-corrected chi connectivity index (χ4v) is 3.48. The summed E-state index contributed by atoms with van der Waals surface area (Å²) in [6.07, 6.45) is 4.71. The van der Waals surface area contributed by atoms with Gasteiger partial charge in [0.2, 0.25) is 5.91 Å². The van der Waals surface area contributed by atoms with Crippen LogP contribution in [0.4, 0.5) is 0 Å². The van der Waals surface area contributed by atoms with Gasteiger partial charge in [0, 0.05) is 11.8 Å². The molecule has 1 amide bonds. The van der Waals surface area contributed by atoms with Crippen LogP contribution in [0.2, 0.25) is 0 Å². The van der Waals surface area contributed by atoms with Crippen molar-refractivity contribution in [1.82, 2.24) is 5.32 Å². The van der Waals surface area contributed by atoms with Gasteiger partial charge in [-0.15, -0.1) is 11.8 Å². The highest BCUT2D eigenvalue weighted by Gasteiger charge is 2.19. The van der Waals surface area contributed by atoms with Gasteiger partial charge in [0.25, 0.3) is 0 Å². The first-order chi connectivity index (χ1) is 10.2. The Kier molecular flexibility index (Phi) is 6.58. The number of carbonyl (C=O) groups excluding carboxylic acids is 1. The molecule has 0 saturated heterocycles. The molecule has 0 atom stereocenters. The van der Waals surface area contributed by atoms with Crippen molar-refractivity contribution in [2.24, 2.45) is 5.92 Å². The minimum atomic E-state index is 0.0792. The van der Waals surface area contributed by atoms with Crippen LogP contribution >= 0.6 is 11.8 Å². The molecule has 2 rings (SSSR count). The summed E-state index contributed by atoms with van der Waals surface area (Å²) in [7, 11) is 0. The number of benzene rings is 1. The number of nitrogens with one attached hydrogen (secondary N) is 1. The van der Waals surface area contributed by atoms with Crippen molar-refractivity contribution < 1.29 is 9.90 Å². The van der Waals surface area contributed by atoms with E-state index in [1.54, 1.807) is 11.8 Å². The van der Waals surface area contributed by atoms with Crippen LogP contribution in [-0.2, 0) is 17.2 Å². The maximum Gasteiger partial charge on any atom is 0.230 e. The highest BCUT2D eigenvalue weighted by Crippen LogP contribution is 2.23. The number of amides is 1. The molecule has 1 saturated carbocycles. The third kappa shape index (κ3) is 5.71. The van der Waals surface area contributed by atoms with Gasteiger partial charge < -0.3 is 10.4 Å². The Morgan fingerprint density at radius 1 is 1.19 bits per heavy atom. The average molecular weight is 307 g/mol. The molecule has 0 radical (unpaired) electrons. The number of thioether (sulfide) groups is 1. The number of hydrogen-bond donors (Lipinski definition) is 2. The number of aliphatic hydroxyl groups is 1. The van der Waals surface area contributed by atoms with E-state index in [1.165, 1.54) is 18.4 Å². The summed E-state index contributed by atoms with van der Waals surface area (Å²) in [5.41, 5.74) is 2.12. The zero-order valence-electron chi connectivity index (χ0n) is 12.7. The largest absolute Gasteiger partial charge is 0.392 e. The minimum absolute atomic E-state index is 0.0792. The van der Waals surface area contributed by atoms with Crippen molar-refractivity contribution in [1.29, 1.82) is 0 Å². The molecule has 21 heavy (non-hydrogen) atoms. The highest BCUT2D eigenvalue weighted by atomic mass is 32.2. The van der Waals surface area contributed by atoms with Crippen LogP contribution in [0.5, 0.6) is 0 Å². The lowest BCUT2D eigenvalue weighted by Crippen LogP contribution is -2.38. The first kappa shape index (κ1) is 16.4. The van der Waals surface area contributed by atoms with Gasteiger partial charge in [-0.2, -0.15) is 0 Å². The van der Waals surface area contributed by atoms with Crippen LogP contribution in [0, 0.1) is 5.92 Å². The van der Waals surface area contributed by atoms with Crippen LogP contribution in [0.25, 0.3) is 0 Å². The van der Waals surface area contributed by atoms with Gasteiger partial charge in [0.05, 0.1) is 12.4 Å². The lowest BCUT2D eigenvalue weighted by Gasteiger charge is -2.26. The Morgan fingerprint density at radius 2 is 1.81 bits per heavy atom. The summed E-state index contributed by atoms with van der Waals surface area (Å²) in [6.45, 7) is 2.37. The summed E-state index contributed by atoms with van der Waals surface area (Å²) in [5.74, 6) is 2.33. The molecule has 1 aliphatic carbocycles. The molecule has 2 N–H and O–H groups in total. The summed E-state index contributed by atoms with van der Waals surface area (Å²) < 4.78 is 0. The fraction of sp³-hybridized carbons (Fsp3) is 0.588. The predicted molar refractivity (Wildman–Crippen MR) is 88.1 cm³/mol. The van der Waals surface area contributed by atoms with Crippen molar-refractivity contribution in [3.8, 4) is 0 Å². The maximum atomic E-state index is 11.9. The van der Waals surface area contributed by atoms with Crippen molar-refractivity contribution in [2.75, 3.05) is 5.75 Å². The third-order valence-corrected chi connectivity index (χ3v) is 5.09. The fourth-order valence-electron chi connectivity index (χ4n) is 2.68. The molecule has 4 heteroatoms. The average Bonchev–Trinajstić information content (AvgIpc) is 2.50. The molecular formula is C17H25NO2S. The Hall–Kier alpha value is -1.00. The maximum absolute atomic E-state index is 11.9. The van der Waals surface area contributed by atoms with Crippen molar-refractivity contribution in [2.45, 2.75) is 51.0 Å². The molecule has 0 aromatic heterocycles. The summed E-state index contributed by atoms with van der Waals surface area (Å²) in [6, 6.07) is 8.27. The Bertz CT molecular complexity index is 439. The van der Waals surface area contributed by atoms with Gasteiger partial charge in [0.15, 0.2) is 0 Å². The highest BCUT2D eigenvalue weighted by molar-refractivity contribution is 7.99. The molecular weight excluding hydrogens is 282 g/mol. The standard InChI is InChI=1S/C17H25NO2S/c1-13-2-8-16(9-3-13)18-17(20)12-21-11-15-6-4-14(10-19)5-7-15/h4-7,13,16,19H,2-3,8-12H2,1H3,(H,18,20). The van der Waals surface area contributed by atoms with Crippen molar-refractivity contribution in [3.63, 3.8) is 0 Å². The molecule has 3 nitrogen and oxygen atoms in total. The summed E-state index contributed by atoms with van der Waals surface area (Å²) in [5, 5.41) is 12.1. The summed E-state index contributed by atoms with van der Waals surface area (Å²) in [4.78, 5) is 11.9. The first-order valence-electron chi connectivity index (χ1n) is 7.73. The van der Waals surface area contributed by atoms with E-state index in [-0.39, 0.29) is 12.5 Å². The normalized spacial score (nSPS) is 22.0. The van der Waals surface area contributed by atoms with Gasteiger partial charge in [0.1, 0.15) is 0 Å². The number of hydrogen-bond acceptors (Lipinski definition) is 3. The van der Waals surface area contributed by atoms with E-state index in [0.29, 0.717) is 11.8 Å². The van der Waals surface area contributed by atoms with Gasteiger partial charge in [-0.25, -0.2) is 0 Å². The molecule has 0 heterocycles. The lowest BCUT2D eigenvalue weighted by atomic mass is 9.87. The molecule has 1 aliphatic rings. The van der Waals surface area contributed by atoms with E-state index in [1.807, 2.05) is 24.3 Å². The predicted octanol–water partition coefficient (Wildman–Crippen LogP) is 3.11. The first-order valence-corrected chi connectivity index (χ1v) is 8.88. The van der Waals surface area contributed by atoms with Gasteiger partial charge in [-0.3, -0.25) is 4.79 Å². The monoisotopic (exact) mass is 307 g/mol. The molecule has 0 unspecified atom stereocenters. The molecule has 1 fully saturated rings. The van der Waals surface area contributed by atoms with Gasteiger partial charge >= 0.3 is 0 Å². The van der Waals surface area contributed by atoms with E-state index in [0.717, 1.165) is 30.1 Å². The second-order valence-electron chi connectivity index (χ2n) is 5.99. The van der Waals surface area contributed by atoms with Gasteiger partial charge in [-0.05, 0) is 42.7 Å². The number of rotatable bonds is 6. The molecule has 1 aromatic rings. The number of aliphatic hydroxyl groups excluding tert-OH is 1. The third-order valence-electron chi connectivity index (χ3n) is 4.09. The van der Waals surface area contributed by atoms with Gasteiger partial charge in [-0.1, -0.05) is 31.2 Å². The molecule has 0 aliphatic heterocycles. The van der Waals surface area contributed by atoms with Crippen molar-refractivity contribution in [3.05, 3.63) is 35.4 Å². The van der Waals surface area contributed by atoms with Crippen LogP contribution in [0.15, 0.2) is 24.3 Å². The molecule has 0 spiro atoms. The van der Waals surface area contributed by atoms with E-state index in [9.17, 15) is 4.79 Å². The number of carbonyl (C=O) groups is 1. The Morgan fingerprint density at radius 3 is 2.43 bits per heavy atom. The zero-order valence-corrected chi connectivity index (χ0v) is 13.5. The SMILES string of the molecule is CC1CCC(NC(=O)CSCc2ccc(CO)cc2)CC1. The van der Waals surface area contributed by atoms with Crippen LogP contribution in [0.3, 0.4) is 0 Å². The summed E-state index contributed by atoms with van der Waals surface area (Å²) >= 11 is 1.64. The topological polar surface area (TPSA) is 49.3 Å². The molecule has 1 aromatic carbocycles. The van der Waals surface area contributed by atoms with Crippen LogP contribution in [0.1, 0.15) is 43.7 Å². The van der Waals surface area contributed by atoms with E-state index < -0.39 is 0 Å². The van der Waals surface area contributed by atoms with Crippen LogP contribution in [-0.4, -0.2) is 22.8 Å². The lowest BCUT2D eigenvalue weighted by molar-refractivity contribution is -0.119. The smallest absolute Gasteiger partial charge is 0.230 e. The zero-order chi connectivity index (χ0) is 15.1. The van der Waals surface area contributed by atoms with E-state index >= 15 is 0 Å². The minimum Gasteiger partial charge on any atom is -0.392 e. The Labute approximate surface area is 131 Å². The van der Waals surface area contributed by atoms with Crippen LogP contribution < -0.4 is 5.32 Å². The van der Waals surface area contributed by atoms with Crippen molar-refractivity contribution >= 4 is 17.7 Å².